The molecule has 6 nitrogen and oxygen atoms in total. The first-order chi connectivity index (χ1) is 12.9. The van der Waals surface area contributed by atoms with Crippen molar-refractivity contribution in [3.63, 3.8) is 0 Å². The maximum Gasteiger partial charge on any atom is 0.226 e. The van der Waals surface area contributed by atoms with Gasteiger partial charge >= 0.3 is 0 Å². The number of thiophene rings is 1. The smallest absolute Gasteiger partial charge is 0.226 e. The minimum absolute atomic E-state index is 0.650. The van der Waals surface area contributed by atoms with E-state index in [-0.39, 0.29) is 0 Å². The number of aromatic nitrogens is 4. The van der Waals surface area contributed by atoms with E-state index in [1.54, 1.807) is 29.9 Å². The highest BCUT2D eigenvalue weighted by atomic mass is 32.1. The predicted octanol–water partition coefficient (Wildman–Crippen LogP) is 2.95. The van der Waals surface area contributed by atoms with E-state index in [0.717, 1.165) is 47.4 Å². The quantitative estimate of drug-likeness (QED) is 0.712. The van der Waals surface area contributed by atoms with E-state index < -0.39 is 0 Å². The number of fused-ring (bicyclic) bond motifs is 1. The fourth-order valence-corrected chi connectivity index (χ4v) is 4.65. The third kappa shape index (κ3) is 2.87. The topological polar surface area (TPSA) is 58.0 Å². The van der Waals surface area contributed by atoms with Crippen molar-refractivity contribution in [1.82, 2.24) is 24.8 Å². The van der Waals surface area contributed by atoms with Crippen molar-refractivity contribution in [3.05, 3.63) is 42.3 Å². The molecule has 5 rings (SSSR count). The van der Waals surface area contributed by atoms with E-state index in [9.17, 15) is 0 Å². The summed E-state index contributed by atoms with van der Waals surface area (Å²) >= 11 is 1.69. The molecule has 0 unspecified atom stereocenters. The standard InChI is InChI=1S/C19H20N6S/c1-3-14-13-25(9-8-24(14)7-1)19-22-11-15(16-12-20-5-6-21-16)18(23-19)17-4-2-10-26-17/h2,4-6,10-12,14H,1,3,7-9,13H2/t14-/m1/s1. The molecular weight excluding hydrogens is 344 g/mol. The summed E-state index contributed by atoms with van der Waals surface area (Å²) in [5.41, 5.74) is 2.69. The summed E-state index contributed by atoms with van der Waals surface area (Å²) in [4.78, 5) is 24.4. The van der Waals surface area contributed by atoms with E-state index >= 15 is 0 Å². The molecule has 0 saturated carbocycles. The van der Waals surface area contributed by atoms with Crippen LogP contribution in [-0.4, -0.2) is 57.1 Å². The molecule has 0 spiro atoms. The summed E-state index contributed by atoms with van der Waals surface area (Å²) in [5.74, 6) is 0.826. The van der Waals surface area contributed by atoms with Crippen LogP contribution < -0.4 is 4.90 Å². The van der Waals surface area contributed by atoms with Crippen LogP contribution in [0.2, 0.25) is 0 Å². The van der Waals surface area contributed by atoms with Gasteiger partial charge in [0.05, 0.1) is 22.5 Å². The zero-order valence-electron chi connectivity index (χ0n) is 14.5. The number of anilines is 1. The molecule has 0 aliphatic carbocycles. The molecule has 26 heavy (non-hydrogen) atoms. The summed E-state index contributed by atoms with van der Waals surface area (Å²) in [6.07, 6.45) is 9.66. The Morgan fingerprint density at radius 3 is 2.92 bits per heavy atom. The van der Waals surface area contributed by atoms with E-state index in [2.05, 4.69) is 37.3 Å². The largest absolute Gasteiger partial charge is 0.338 e. The van der Waals surface area contributed by atoms with Crippen molar-refractivity contribution in [1.29, 1.82) is 0 Å². The van der Waals surface area contributed by atoms with Gasteiger partial charge in [-0.2, -0.15) is 0 Å². The van der Waals surface area contributed by atoms with Gasteiger partial charge in [0.25, 0.3) is 0 Å². The first-order valence-electron chi connectivity index (χ1n) is 9.05. The minimum atomic E-state index is 0.650. The molecule has 0 amide bonds. The van der Waals surface area contributed by atoms with Gasteiger partial charge in [-0.1, -0.05) is 6.07 Å². The molecule has 3 aromatic rings. The molecule has 5 heterocycles. The number of rotatable bonds is 3. The lowest BCUT2D eigenvalue weighted by molar-refractivity contribution is 0.229. The van der Waals surface area contributed by atoms with Crippen LogP contribution in [0, 0.1) is 0 Å². The zero-order chi connectivity index (χ0) is 17.3. The van der Waals surface area contributed by atoms with Crippen LogP contribution in [0.4, 0.5) is 5.95 Å². The molecule has 2 aliphatic heterocycles. The summed E-state index contributed by atoms with van der Waals surface area (Å²) in [7, 11) is 0. The molecule has 132 valence electrons. The molecule has 7 heteroatoms. The molecule has 1 atom stereocenters. The normalized spacial score (nSPS) is 20.3. The second-order valence-electron chi connectivity index (χ2n) is 6.78. The summed E-state index contributed by atoms with van der Waals surface area (Å²) in [6.45, 7) is 4.36. The fourth-order valence-electron chi connectivity index (χ4n) is 3.92. The van der Waals surface area contributed by atoms with Crippen LogP contribution in [0.1, 0.15) is 12.8 Å². The number of piperazine rings is 1. The highest BCUT2D eigenvalue weighted by Crippen LogP contribution is 2.33. The molecule has 2 aliphatic rings. The Kier molecular flexibility index (Phi) is 4.10. The van der Waals surface area contributed by atoms with Crippen LogP contribution in [0.15, 0.2) is 42.3 Å². The average Bonchev–Trinajstić information content (AvgIpc) is 3.39. The van der Waals surface area contributed by atoms with E-state index in [1.165, 1.54) is 19.4 Å². The van der Waals surface area contributed by atoms with E-state index in [1.807, 2.05) is 6.20 Å². The van der Waals surface area contributed by atoms with Gasteiger partial charge in [-0.15, -0.1) is 11.3 Å². The Morgan fingerprint density at radius 2 is 2.08 bits per heavy atom. The molecule has 0 aromatic carbocycles. The van der Waals surface area contributed by atoms with Crippen LogP contribution >= 0.6 is 11.3 Å². The van der Waals surface area contributed by atoms with Crippen LogP contribution in [0.25, 0.3) is 21.8 Å². The Balaban J connectivity index is 1.53. The van der Waals surface area contributed by atoms with Crippen molar-refractivity contribution in [2.45, 2.75) is 18.9 Å². The molecular formula is C19H20N6S. The monoisotopic (exact) mass is 364 g/mol. The molecule has 2 fully saturated rings. The van der Waals surface area contributed by atoms with Gasteiger partial charge in [-0.05, 0) is 30.8 Å². The second-order valence-corrected chi connectivity index (χ2v) is 7.73. The van der Waals surface area contributed by atoms with Gasteiger partial charge in [0.1, 0.15) is 0 Å². The maximum atomic E-state index is 4.97. The lowest BCUT2D eigenvalue weighted by Gasteiger charge is -2.37. The van der Waals surface area contributed by atoms with Crippen molar-refractivity contribution < 1.29 is 0 Å². The predicted molar refractivity (Wildman–Crippen MR) is 103 cm³/mol. The highest BCUT2D eigenvalue weighted by Gasteiger charge is 2.31. The lowest BCUT2D eigenvalue weighted by atomic mass is 10.1. The highest BCUT2D eigenvalue weighted by molar-refractivity contribution is 7.13. The van der Waals surface area contributed by atoms with Crippen LogP contribution in [0.3, 0.4) is 0 Å². The van der Waals surface area contributed by atoms with Gasteiger partial charge in [-0.25, -0.2) is 9.97 Å². The van der Waals surface area contributed by atoms with Gasteiger partial charge in [0, 0.05) is 49.8 Å². The van der Waals surface area contributed by atoms with Crippen molar-refractivity contribution in [3.8, 4) is 21.8 Å². The Labute approximate surface area is 156 Å². The summed E-state index contributed by atoms with van der Waals surface area (Å²) in [5, 5.41) is 2.08. The number of hydrogen-bond acceptors (Lipinski definition) is 7. The van der Waals surface area contributed by atoms with Gasteiger partial charge < -0.3 is 4.90 Å². The first-order valence-corrected chi connectivity index (χ1v) is 9.93. The van der Waals surface area contributed by atoms with Gasteiger partial charge in [0.15, 0.2) is 0 Å². The fraction of sp³-hybridized carbons (Fsp3) is 0.368. The Bertz CT molecular complexity index is 882. The van der Waals surface area contributed by atoms with Gasteiger partial charge in [-0.3, -0.25) is 14.9 Å². The molecule has 2 saturated heterocycles. The Morgan fingerprint density at radius 1 is 1.08 bits per heavy atom. The first kappa shape index (κ1) is 15.8. The van der Waals surface area contributed by atoms with E-state index in [4.69, 9.17) is 9.97 Å². The number of hydrogen-bond donors (Lipinski definition) is 0. The van der Waals surface area contributed by atoms with Crippen molar-refractivity contribution in [2.24, 2.45) is 0 Å². The zero-order valence-corrected chi connectivity index (χ0v) is 15.3. The SMILES string of the molecule is c1csc(-c2nc(N3CCN4CCC[C@@H]4C3)ncc2-c2cnccn2)c1. The summed E-state index contributed by atoms with van der Waals surface area (Å²) < 4.78 is 0. The molecule has 3 aromatic heterocycles. The Hall–Kier alpha value is -2.38. The summed E-state index contributed by atoms with van der Waals surface area (Å²) in [6, 6.07) is 4.81. The lowest BCUT2D eigenvalue weighted by Crippen LogP contribution is -2.50. The molecule has 0 radical (unpaired) electrons. The third-order valence-corrected chi connectivity index (χ3v) is 6.12. The third-order valence-electron chi connectivity index (χ3n) is 5.24. The van der Waals surface area contributed by atoms with Crippen molar-refractivity contribution in [2.75, 3.05) is 31.1 Å². The van der Waals surface area contributed by atoms with Gasteiger partial charge in [0.2, 0.25) is 5.95 Å². The molecule has 0 N–H and O–H groups in total. The van der Waals surface area contributed by atoms with Crippen molar-refractivity contribution >= 4 is 17.3 Å². The maximum absolute atomic E-state index is 4.97. The van der Waals surface area contributed by atoms with E-state index in [0.29, 0.717) is 6.04 Å². The van der Waals surface area contributed by atoms with Crippen LogP contribution in [0.5, 0.6) is 0 Å². The second kappa shape index (κ2) is 6.74. The average molecular weight is 364 g/mol. The minimum Gasteiger partial charge on any atom is -0.338 e. The number of nitrogens with zero attached hydrogens (tertiary/aromatic N) is 6. The van der Waals surface area contributed by atoms with Crippen LogP contribution in [-0.2, 0) is 0 Å². The molecule has 0 bridgehead atoms.